The first-order chi connectivity index (χ1) is 16.1. The summed E-state index contributed by atoms with van der Waals surface area (Å²) in [6, 6.07) is 19.4. The third kappa shape index (κ3) is 6.44. The number of nitrogens with one attached hydrogen (secondary N) is 1. The highest BCUT2D eigenvalue weighted by Gasteiger charge is 2.20. The Bertz CT molecular complexity index is 1170. The molecular weight excluding hydrogens is 429 g/mol. The maximum Gasteiger partial charge on any atom is 0.254 e. The number of carbonyl (C=O) groups is 2. The molecule has 34 heavy (non-hydrogen) atoms. The number of benzene rings is 3. The van der Waals surface area contributed by atoms with Crippen LogP contribution in [0.2, 0.25) is 0 Å². The number of amides is 2. The summed E-state index contributed by atoms with van der Waals surface area (Å²) in [6.45, 7) is 6.16. The molecule has 0 unspecified atom stereocenters. The van der Waals surface area contributed by atoms with Crippen LogP contribution in [0, 0.1) is 18.7 Å². The lowest BCUT2D eigenvalue weighted by Crippen LogP contribution is -2.31. The van der Waals surface area contributed by atoms with Gasteiger partial charge in [0, 0.05) is 50.0 Å². The van der Waals surface area contributed by atoms with Crippen molar-refractivity contribution in [1.29, 1.82) is 0 Å². The Balaban J connectivity index is 2.00. The number of hydrogen-bond donors (Lipinski definition) is 1. The van der Waals surface area contributed by atoms with Gasteiger partial charge in [0.1, 0.15) is 5.82 Å². The molecule has 3 aromatic rings. The lowest BCUT2D eigenvalue weighted by Gasteiger charge is -2.27. The van der Waals surface area contributed by atoms with Crippen LogP contribution in [0.25, 0.3) is 0 Å². The van der Waals surface area contributed by atoms with Gasteiger partial charge in [-0.05, 0) is 60.5 Å². The van der Waals surface area contributed by atoms with E-state index in [1.54, 1.807) is 17.0 Å². The molecule has 0 aromatic heterocycles. The van der Waals surface area contributed by atoms with Gasteiger partial charge in [-0.2, -0.15) is 0 Å². The zero-order chi connectivity index (χ0) is 24.8. The van der Waals surface area contributed by atoms with Gasteiger partial charge in [0.25, 0.3) is 5.91 Å². The van der Waals surface area contributed by atoms with Gasteiger partial charge in [-0.15, -0.1) is 0 Å². The number of rotatable bonds is 8. The van der Waals surface area contributed by atoms with E-state index in [-0.39, 0.29) is 30.1 Å². The van der Waals surface area contributed by atoms with E-state index < -0.39 is 0 Å². The molecular formula is C28H32FN3O2. The smallest absolute Gasteiger partial charge is 0.254 e. The average molecular weight is 462 g/mol. The highest BCUT2D eigenvalue weighted by atomic mass is 19.1. The Hall–Kier alpha value is -3.67. The quantitative estimate of drug-likeness (QED) is 0.473. The van der Waals surface area contributed by atoms with Gasteiger partial charge in [0.15, 0.2) is 0 Å². The highest BCUT2D eigenvalue weighted by molar-refractivity contribution is 5.95. The minimum absolute atomic E-state index is 0.0731. The molecule has 0 fully saturated rings. The van der Waals surface area contributed by atoms with Crippen molar-refractivity contribution < 1.29 is 14.0 Å². The topological polar surface area (TPSA) is 52.7 Å². The van der Waals surface area contributed by atoms with Crippen LogP contribution in [0.3, 0.4) is 0 Å². The van der Waals surface area contributed by atoms with Crippen LogP contribution in [0.1, 0.15) is 40.9 Å². The lowest BCUT2D eigenvalue weighted by atomic mass is 10.1. The molecule has 0 aliphatic rings. The number of halogens is 1. The Morgan fingerprint density at radius 2 is 1.68 bits per heavy atom. The molecule has 0 radical (unpaired) electrons. The van der Waals surface area contributed by atoms with Gasteiger partial charge < -0.3 is 15.1 Å². The first-order valence-corrected chi connectivity index (χ1v) is 11.4. The molecule has 3 aromatic carbocycles. The molecule has 3 rings (SSSR count). The molecule has 178 valence electrons. The second-order valence-corrected chi connectivity index (χ2v) is 9.04. The number of anilines is 2. The monoisotopic (exact) mass is 461 g/mol. The van der Waals surface area contributed by atoms with Crippen molar-refractivity contribution in [2.75, 3.05) is 24.3 Å². The molecule has 0 saturated heterocycles. The zero-order valence-corrected chi connectivity index (χ0v) is 20.4. The van der Waals surface area contributed by atoms with Gasteiger partial charge in [-0.1, -0.05) is 43.7 Å². The second kappa shape index (κ2) is 11.0. The fourth-order valence-corrected chi connectivity index (χ4v) is 3.73. The second-order valence-electron chi connectivity index (χ2n) is 9.04. The van der Waals surface area contributed by atoms with Crippen LogP contribution in [-0.2, 0) is 17.9 Å². The Labute approximate surface area is 201 Å². The summed E-state index contributed by atoms with van der Waals surface area (Å²) in [6.07, 6.45) is 0. The van der Waals surface area contributed by atoms with E-state index in [1.165, 1.54) is 12.1 Å². The summed E-state index contributed by atoms with van der Waals surface area (Å²) >= 11 is 0. The molecule has 6 heteroatoms. The molecule has 0 saturated carbocycles. The fourth-order valence-electron chi connectivity index (χ4n) is 3.73. The van der Waals surface area contributed by atoms with Crippen molar-refractivity contribution >= 4 is 23.2 Å². The van der Waals surface area contributed by atoms with E-state index in [0.717, 1.165) is 16.8 Å². The van der Waals surface area contributed by atoms with Crippen molar-refractivity contribution in [2.45, 2.75) is 33.9 Å². The van der Waals surface area contributed by atoms with Crippen LogP contribution in [0.15, 0.2) is 66.7 Å². The molecule has 0 spiro atoms. The van der Waals surface area contributed by atoms with E-state index in [1.807, 2.05) is 82.2 Å². The number of aryl methyl sites for hydroxylation is 1. The van der Waals surface area contributed by atoms with Crippen molar-refractivity contribution in [2.24, 2.45) is 5.92 Å². The number of carbonyl (C=O) groups excluding carboxylic acids is 2. The highest BCUT2D eigenvalue weighted by Crippen LogP contribution is 2.26. The van der Waals surface area contributed by atoms with E-state index in [9.17, 15) is 14.0 Å². The predicted molar refractivity (Wildman–Crippen MR) is 135 cm³/mol. The van der Waals surface area contributed by atoms with Crippen LogP contribution in [0.5, 0.6) is 0 Å². The van der Waals surface area contributed by atoms with Gasteiger partial charge in [0.2, 0.25) is 5.91 Å². The normalized spacial score (nSPS) is 10.8. The van der Waals surface area contributed by atoms with E-state index >= 15 is 0 Å². The SMILES string of the molecule is Cc1cccc(C(=O)N(Cc2cccc(F)c2)Cc2cc(NC(=O)C(C)C)ccc2N(C)C)c1. The maximum absolute atomic E-state index is 13.9. The third-order valence-electron chi connectivity index (χ3n) is 5.53. The van der Waals surface area contributed by atoms with Gasteiger partial charge in [0.05, 0.1) is 0 Å². The van der Waals surface area contributed by atoms with Gasteiger partial charge >= 0.3 is 0 Å². The van der Waals surface area contributed by atoms with Crippen LogP contribution >= 0.6 is 0 Å². The van der Waals surface area contributed by atoms with E-state index in [0.29, 0.717) is 23.4 Å². The summed E-state index contributed by atoms with van der Waals surface area (Å²) in [5.41, 5.74) is 4.76. The molecule has 0 aliphatic heterocycles. The fraction of sp³-hybridized carbons (Fsp3) is 0.286. The third-order valence-corrected chi connectivity index (χ3v) is 5.53. The predicted octanol–water partition coefficient (Wildman–Crippen LogP) is 5.64. The first-order valence-electron chi connectivity index (χ1n) is 11.4. The molecule has 1 N–H and O–H groups in total. The van der Waals surface area contributed by atoms with Crippen molar-refractivity contribution in [3.05, 3.63) is 94.8 Å². The standard InChI is InChI=1S/C28H32FN3O2/c1-19(2)27(33)30-25-12-13-26(31(4)5)23(16-25)18-32(17-21-9-7-11-24(29)15-21)28(34)22-10-6-8-20(3)14-22/h6-16,19H,17-18H2,1-5H3,(H,30,33). The van der Waals surface area contributed by atoms with Gasteiger partial charge in [-0.25, -0.2) is 4.39 Å². The lowest BCUT2D eigenvalue weighted by molar-refractivity contribution is -0.118. The van der Waals surface area contributed by atoms with Crippen LogP contribution in [-0.4, -0.2) is 30.8 Å². The Kier molecular flexibility index (Phi) is 8.05. The van der Waals surface area contributed by atoms with E-state index in [2.05, 4.69) is 5.32 Å². The minimum Gasteiger partial charge on any atom is -0.377 e. The van der Waals surface area contributed by atoms with Crippen LogP contribution < -0.4 is 10.2 Å². The van der Waals surface area contributed by atoms with E-state index in [4.69, 9.17) is 0 Å². The molecule has 0 atom stereocenters. The van der Waals surface area contributed by atoms with Gasteiger partial charge in [-0.3, -0.25) is 9.59 Å². The first kappa shape index (κ1) is 25.0. The summed E-state index contributed by atoms with van der Waals surface area (Å²) in [5, 5.41) is 2.94. The average Bonchev–Trinajstić information content (AvgIpc) is 2.78. The van der Waals surface area contributed by atoms with Crippen LogP contribution in [0.4, 0.5) is 15.8 Å². The Morgan fingerprint density at radius 1 is 0.941 bits per heavy atom. The molecule has 5 nitrogen and oxygen atoms in total. The van der Waals surface area contributed by atoms with Crippen molar-refractivity contribution in [3.8, 4) is 0 Å². The summed E-state index contributed by atoms with van der Waals surface area (Å²) < 4.78 is 13.9. The largest absolute Gasteiger partial charge is 0.377 e. The Morgan fingerprint density at radius 3 is 2.32 bits per heavy atom. The number of hydrogen-bond acceptors (Lipinski definition) is 3. The summed E-state index contributed by atoms with van der Waals surface area (Å²) in [4.78, 5) is 29.5. The molecule has 0 heterocycles. The number of nitrogens with zero attached hydrogens (tertiary/aromatic N) is 2. The minimum atomic E-state index is -0.340. The molecule has 0 aliphatic carbocycles. The van der Waals surface area contributed by atoms with Crippen molar-refractivity contribution in [3.63, 3.8) is 0 Å². The maximum atomic E-state index is 13.9. The molecule has 0 bridgehead atoms. The zero-order valence-electron chi connectivity index (χ0n) is 20.4. The molecule has 2 amide bonds. The van der Waals surface area contributed by atoms with Crippen molar-refractivity contribution in [1.82, 2.24) is 4.90 Å². The summed E-state index contributed by atoms with van der Waals surface area (Å²) in [5.74, 6) is -0.706. The summed E-state index contributed by atoms with van der Waals surface area (Å²) in [7, 11) is 3.87.